The molecule has 0 N–H and O–H groups in total. The van der Waals surface area contributed by atoms with Crippen LogP contribution in [0.2, 0.25) is 0 Å². The Morgan fingerprint density at radius 1 is 1.00 bits per heavy atom. The van der Waals surface area contributed by atoms with E-state index in [9.17, 15) is 4.79 Å². The molecular weight excluding hydrogens is 268 g/mol. The lowest BCUT2D eigenvalue weighted by Gasteiger charge is -2.17. The van der Waals surface area contributed by atoms with Crippen molar-refractivity contribution in [2.75, 3.05) is 11.2 Å². The summed E-state index contributed by atoms with van der Waals surface area (Å²) in [5.74, 6) is 0.00625. The number of thioether (sulfide) groups is 1. The summed E-state index contributed by atoms with van der Waals surface area (Å²) in [4.78, 5) is 18.9. The van der Waals surface area contributed by atoms with Gasteiger partial charge in [0.05, 0.1) is 5.69 Å². The van der Waals surface area contributed by atoms with Gasteiger partial charge in [-0.1, -0.05) is 60.3 Å². The van der Waals surface area contributed by atoms with Crippen LogP contribution < -0.4 is 4.90 Å². The Bertz CT molecular complexity index is 640. The summed E-state index contributed by atoms with van der Waals surface area (Å²) in [6.07, 6.45) is 1.94. The third-order valence-electron chi connectivity index (χ3n) is 3.20. The van der Waals surface area contributed by atoms with Crippen LogP contribution in [0.5, 0.6) is 0 Å². The molecule has 0 aliphatic carbocycles. The summed E-state index contributed by atoms with van der Waals surface area (Å²) in [7, 11) is 0. The molecule has 0 fully saturated rings. The van der Waals surface area contributed by atoms with E-state index in [1.165, 1.54) is 11.8 Å². The first-order chi connectivity index (χ1) is 9.81. The normalized spacial score (nSPS) is 18.2. The van der Waals surface area contributed by atoms with Gasteiger partial charge < -0.3 is 0 Å². The largest absolute Gasteiger partial charge is 0.271 e. The van der Waals surface area contributed by atoms with Crippen molar-refractivity contribution in [3.05, 3.63) is 66.2 Å². The number of anilines is 1. The van der Waals surface area contributed by atoms with Crippen LogP contribution in [0, 0.1) is 0 Å². The zero-order valence-corrected chi connectivity index (χ0v) is 11.9. The van der Waals surface area contributed by atoms with Crippen LogP contribution in [-0.2, 0) is 4.79 Å². The predicted molar refractivity (Wildman–Crippen MR) is 84.1 cm³/mol. The Kier molecular flexibility index (Phi) is 3.56. The highest BCUT2D eigenvalue weighted by atomic mass is 32.2. The number of benzene rings is 2. The molecule has 3 rings (SSSR count). The maximum atomic E-state index is 12.7. The van der Waals surface area contributed by atoms with E-state index >= 15 is 0 Å². The van der Waals surface area contributed by atoms with Crippen molar-refractivity contribution in [2.45, 2.75) is 6.04 Å². The van der Waals surface area contributed by atoms with Gasteiger partial charge in [-0.25, -0.2) is 4.99 Å². The molecule has 1 unspecified atom stereocenters. The molecule has 0 saturated carbocycles. The molecule has 1 atom stereocenters. The zero-order chi connectivity index (χ0) is 13.9. The molecule has 3 nitrogen and oxygen atoms in total. The molecule has 0 spiro atoms. The minimum absolute atomic E-state index is 0.00625. The van der Waals surface area contributed by atoms with E-state index in [1.54, 1.807) is 4.90 Å². The Morgan fingerprint density at radius 3 is 2.20 bits per heavy atom. The van der Waals surface area contributed by atoms with E-state index in [1.807, 2.05) is 66.9 Å². The summed E-state index contributed by atoms with van der Waals surface area (Å²) < 4.78 is 0. The molecule has 0 aromatic heterocycles. The van der Waals surface area contributed by atoms with Crippen molar-refractivity contribution in [1.29, 1.82) is 0 Å². The van der Waals surface area contributed by atoms with E-state index in [0.29, 0.717) is 0 Å². The van der Waals surface area contributed by atoms with Crippen LogP contribution in [-0.4, -0.2) is 17.3 Å². The lowest BCUT2D eigenvalue weighted by molar-refractivity contribution is -0.118. The lowest BCUT2D eigenvalue weighted by Crippen LogP contribution is -2.31. The molecule has 0 bridgehead atoms. The number of para-hydroxylation sites is 1. The van der Waals surface area contributed by atoms with Gasteiger partial charge in [-0.15, -0.1) is 0 Å². The van der Waals surface area contributed by atoms with Gasteiger partial charge in [0, 0.05) is 0 Å². The van der Waals surface area contributed by atoms with Gasteiger partial charge in [-0.2, -0.15) is 0 Å². The second kappa shape index (κ2) is 5.51. The average molecular weight is 282 g/mol. The number of carbonyl (C=O) groups is 1. The van der Waals surface area contributed by atoms with E-state index in [2.05, 4.69) is 4.99 Å². The van der Waals surface area contributed by atoms with Crippen molar-refractivity contribution in [3.8, 4) is 0 Å². The van der Waals surface area contributed by atoms with Crippen LogP contribution in [0.1, 0.15) is 11.6 Å². The molecule has 1 heterocycles. The first kappa shape index (κ1) is 12.9. The topological polar surface area (TPSA) is 32.7 Å². The van der Waals surface area contributed by atoms with Gasteiger partial charge >= 0.3 is 0 Å². The lowest BCUT2D eigenvalue weighted by atomic mass is 10.1. The van der Waals surface area contributed by atoms with Gasteiger partial charge in [0.1, 0.15) is 0 Å². The first-order valence-corrected chi connectivity index (χ1v) is 7.59. The second-order valence-corrected chi connectivity index (χ2v) is 5.21. The van der Waals surface area contributed by atoms with Crippen molar-refractivity contribution >= 4 is 28.5 Å². The van der Waals surface area contributed by atoms with E-state index in [4.69, 9.17) is 0 Å². The average Bonchev–Trinajstić information content (AvgIpc) is 2.86. The van der Waals surface area contributed by atoms with Crippen LogP contribution in [0.4, 0.5) is 5.69 Å². The number of amides is 1. The van der Waals surface area contributed by atoms with Crippen LogP contribution in [0.15, 0.2) is 65.7 Å². The van der Waals surface area contributed by atoms with E-state index in [-0.39, 0.29) is 5.91 Å². The van der Waals surface area contributed by atoms with Crippen LogP contribution in [0.3, 0.4) is 0 Å². The maximum absolute atomic E-state index is 12.7. The van der Waals surface area contributed by atoms with Crippen molar-refractivity contribution < 1.29 is 4.79 Å². The fourth-order valence-electron chi connectivity index (χ4n) is 2.25. The highest BCUT2D eigenvalue weighted by Gasteiger charge is 2.36. The third-order valence-corrected chi connectivity index (χ3v) is 3.85. The van der Waals surface area contributed by atoms with Crippen molar-refractivity contribution in [3.63, 3.8) is 0 Å². The summed E-state index contributed by atoms with van der Waals surface area (Å²) in [5.41, 5.74) is 1.80. The third kappa shape index (κ3) is 2.23. The fraction of sp³-hybridized carbons (Fsp3) is 0.125. The molecule has 2 aromatic carbocycles. The first-order valence-electron chi connectivity index (χ1n) is 6.37. The highest BCUT2D eigenvalue weighted by Crippen LogP contribution is 2.32. The predicted octanol–water partition coefficient (Wildman–Crippen LogP) is 3.49. The summed E-state index contributed by atoms with van der Waals surface area (Å²) in [5, 5.41) is 0.745. The zero-order valence-electron chi connectivity index (χ0n) is 11.1. The summed E-state index contributed by atoms with van der Waals surface area (Å²) in [6, 6.07) is 18.9. The molecule has 2 aromatic rings. The van der Waals surface area contributed by atoms with E-state index in [0.717, 1.165) is 16.4 Å². The van der Waals surface area contributed by atoms with Gasteiger partial charge in [-0.3, -0.25) is 9.69 Å². The number of nitrogens with zero attached hydrogens (tertiary/aromatic N) is 2. The second-order valence-electron chi connectivity index (χ2n) is 4.44. The number of hydrogen-bond donors (Lipinski definition) is 0. The molecule has 1 aliphatic heterocycles. The molecule has 1 amide bonds. The number of hydrogen-bond acceptors (Lipinski definition) is 3. The number of amidine groups is 1. The maximum Gasteiger partial charge on any atom is 0.262 e. The molecule has 0 saturated heterocycles. The van der Waals surface area contributed by atoms with Crippen LogP contribution >= 0.6 is 11.8 Å². The number of carbonyl (C=O) groups excluding carboxylic acids is 1. The minimum atomic E-state index is -0.432. The molecule has 20 heavy (non-hydrogen) atoms. The van der Waals surface area contributed by atoms with Crippen molar-refractivity contribution in [1.82, 2.24) is 0 Å². The minimum Gasteiger partial charge on any atom is -0.271 e. The van der Waals surface area contributed by atoms with Gasteiger partial charge in [-0.05, 0) is 24.0 Å². The fourth-order valence-corrected chi connectivity index (χ4v) is 2.84. The number of aliphatic imine (C=N–C) groups is 1. The van der Waals surface area contributed by atoms with Gasteiger partial charge in [0.25, 0.3) is 5.91 Å². The quantitative estimate of drug-likeness (QED) is 0.844. The number of rotatable bonds is 2. The molecule has 100 valence electrons. The van der Waals surface area contributed by atoms with Crippen LogP contribution in [0.25, 0.3) is 0 Å². The van der Waals surface area contributed by atoms with Crippen molar-refractivity contribution in [2.24, 2.45) is 4.99 Å². The molecule has 0 radical (unpaired) electrons. The molecule has 1 aliphatic rings. The Balaban J connectivity index is 1.99. The Labute approximate surface area is 122 Å². The van der Waals surface area contributed by atoms with E-state index < -0.39 is 6.04 Å². The monoisotopic (exact) mass is 282 g/mol. The van der Waals surface area contributed by atoms with Gasteiger partial charge in [0.15, 0.2) is 11.2 Å². The Morgan fingerprint density at radius 2 is 1.60 bits per heavy atom. The molecule has 4 heteroatoms. The Hall–Kier alpha value is -2.07. The standard InChI is InChI=1S/C16H14N2OS/c1-20-16-17-14(12-8-4-2-5-9-12)15(19)18(16)13-10-6-3-7-11-13/h2-11,14H,1H3. The smallest absolute Gasteiger partial charge is 0.262 e. The summed E-state index contributed by atoms with van der Waals surface area (Å²) in [6.45, 7) is 0. The van der Waals surface area contributed by atoms with Gasteiger partial charge in [0.2, 0.25) is 0 Å². The highest BCUT2D eigenvalue weighted by molar-refractivity contribution is 8.13. The summed E-state index contributed by atoms with van der Waals surface area (Å²) >= 11 is 1.49. The molecular formula is C16H14N2OS. The SMILES string of the molecule is CSC1=NC(c2ccccc2)C(=O)N1c1ccccc1.